The Morgan fingerprint density at radius 1 is 1.35 bits per heavy atom. The minimum Gasteiger partial charge on any atom is -0.497 e. The summed E-state index contributed by atoms with van der Waals surface area (Å²) >= 11 is 0. The fourth-order valence-corrected chi connectivity index (χ4v) is 1.50. The molecule has 1 rings (SSSR count). The van der Waals surface area contributed by atoms with E-state index in [0.29, 0.717) is 12.3 Å². The van der Waals surface area contributed by atoms with E-state index >= 15 is 0 Å². The molecule has 0 aliphatic carbocycles. The van der Waals surface area contributed by atoms with Gasteiger partial charge in [0.15, 0.2) is 0 Å². The molecule has 0 spiro atoms. The van der Waals surface area contributed by atoms with E-state index < -0.39 is 0 Å². The maximum Gasteiger partial charge on any atom is 0.317 e. The molecule has 0 atom stereocenters. The highest BCUT2D eigenvalue weighted by Crippen LogP contribution is 2.25. The third-order valence-electron chi connectivity index (χ3n) is 2.46. The molecule has 0 saturated heterocycles. The van der Waals surface area contributed by atoms with E-state index in [1.54, 1.807) is 39.3 Å². The zero-order chi connectivity index (χ0) is 12.8. The number of methoxy groups -OCH3 is 2. The Morgan fingerprint density at radius 3 is 2.59 bits per heavy atom. The molecule has 0 aliphatic rings. The summed E-state index contributed by atoms with van der Waals surface area (Å²) in [6.45, 7) is 0.479. The van der Waals surface area contributed by atoms with Crippen molar-refractivity contribution in [3.8, 4) is 11.5 Å². The van der Waals surface area contributed by atoms with Crippen molar-refractivity contribution in [2.45, 2.75) is 6.54 Å². The topological polar surface area (TPSA) is 50.8 Å². The summed E-state index contributed by atoms with van der Waals surface area (Å²) in [5, 5.41) is 2.57. The number of nitrogens with one attached hydrogen (secondary N) is 1. The average molecular weight is 238 g/mol. The molecule has 0 saturated carbocycles. The standard InChI is InChI=1S/C12H18N2O3/c1-13-12(15)14(2)8-9-5-6-10(16-3)7-11(9)17-4/h5-7H,8H2,1-4H3,(H,13,15). The first-order valence-corrected chi connectivity index (χ1v) is 5.26. The van der Waals surface area contributed by atoms with Gasteiger partial charge in [0, 0.05) is 25.7 Å². The lowest BCUT2D eigenvalue weighted by atomic mass is 10.2. The minimum atomic E-state index is -0.136. The number of nitrogens with zero attached hydrogens (tertiary/aromatic N) is 1. The summed E-state index contributed by atoms with van der Waals surface area (Å²) < 4.78 is 10.4. The van der Waals surface area contributed by atoms with Crippen LogP contribution in [0.1, 0.15) is 5.56 Å². The van der Waals surface area contributed by atoms with Crippen molar-refractivity contribution in [2.75, 3.05) is 28.3 Å². The van der Waals surface area contributed by atoms with Crippen molar-refractivity contribution in [2.24, 2.45) is 0 Å². The van der Waals surface area contributed by atoms with E-state index in [2.05, 4.69) is 5.32 Å². The van der Waals surface area contributed by atoms with Crippen molar-refractivity contribution in [1.29, 1.82) is 0 Å². The quantitative estimate of drug-likeness (QED) is 0.864. The van der Waals surface area contributed by atoms with Gasteiger partial charge in [-0.15, -0.1) is 0 Å². The molecule has 0 aliphatic heterocycles. The number of urea groups is 1. The van der Waals surface area contributed by atoms with Gasteiger partial charge in [0.05, 0.1) is 20.8 Å². The van der Waals surface area contributed by atoms with Crippen molar-refractivity contribution >= 4 is 6.03 Å². The molecule has 0 aromatic heterocycles. The van der Waals surface area contributed by atoms with Crippen LogP contribution in [-0.4, -0.2) is 39.2 Å². The number of hydrogen-bond donors (Lipinski definition) is 1. The molecule has 17 heavy (non-hydrogen) atoms. The molecule has 0 bridgehead atoms. The largest absolute Gasteiger partial charge is 0.497 e. The molecular weight excluding hydrogens is 220 g/mol. The van der Waals surface area contributed by atoms with Crippen LogP contribution < -0.4 is 14.8 Å². The van der Waals surface area contributed by atoms with Crippen LogP contribution in [-0.2, 0) is 6.54 Å². The predicted molar refractivity (Wildman–Crippen MR) is 65.5 cm³/mol. The van der Waals surface area contributed by atoms with Crippen LogP contribution in [0.2, 0.25) is 0 Å². The van der Waals surface area contributed by atoms with Gasteiger partial charge in [0.2, 0.25) is 0 Å². The molecule has 94 valence electrons. The number of amides is 2. The van der Waals surface area contributed by atoms with Gasteiger partial charge in [-0.3, -0.25) is 0 Å². The van der Waals surface area contributed by atoms with Crippen LogP contribution in [0.4, 0.5) is 4.79 Å². The van der Waals surface area contributed by atoms with Crippen LogP contribution in [0.25, 0.3) is 0 Å². The third-order valence-corrected chi connectivity index (χ3v) is 2.46. The number of hydrogen-bond acceptors (Lipinski definition) is 3. The van der Waals surface area contributed by atoms with Gasteiger partial charge >= 0.3 is 6.03 Å². The molecule has 0 radical (unpaired) electrons. The van der Waals surface area contributed by atoms with E-state index in [9.17, 15) is 4.79 Å². The van der Waals surface area contributed by atoms with Crippen LogP contribution in [0.15, 0.2) is 18.2 Å². The number of carbonyl (C=O) groups is 1. The number of rotatable bonds is 4. The fraction of sp³-hybridized carbons (Fsp3) is 0.417. The molecule has 1 aromatic rings. The summed E-state index contributed by atoms with van der Waals surface area (Å²) in [5.41, 5.74) is 0.930. The van der Waals surface area contributed by atoms with E-state index in [4.69, 9.17) is 9.47 Å². The van der Waals surface area contributed by atoms with Gasteiger partial charge in [0.1, 0.15) is 11.5 Å². The number of carbonyl (C=O) groups excluding carboxylic acids is 1. The zero-order valence-electron chi connectivity index (χ0n) is 10.6. The highest BCUT2D eigenvalue weighted by Gasteiger charge is 2.11. The van der Waals surface area contributed by atoms with E-state index in [1.807, 2.05) is 12.1 Å². The highest BCUT2D eigenvalue weighted by molar-refractivity contribution is 5.73. The Morgan fingerprint density at radius 2 is 2.06 bits per heavy atom. The smallest absolute Gasteiger partial charge is 0.317 e. The molecule has 0 unspecified atom stereocenters. The first kappa shape index (κ1) is 13.2. The van der Waals surface area contributed by atoms with Crippen molar-refractivity contribution in [3.05, 3.63) is 23.8 Å². The lowest BCUT2D eigenvalue weighted by molar-refractivity contribution is 0.208. The van der Waals surface area contributed by atoms with Crippen LogP contribution in [0.5, 0.6) is 11.5 Å². The summed E-state index contributed by atoms with van der Waals surface area (Å²) in [5.74, 6) is 1.44. The summed E-state index contributed by atoms with van der Waals surface area (Å²) in [4.78, 5) is 13.0. The van der Waals surface area contributed by atoms with Crippen LogP contribution in [0, 0.1) is 0 Å². The highest BCUT2D eigenvalue weighted by atomic mass is 16.5. The minimum absolute atomic E-state index is 0.136. The molecule has 5 nitrogen and oxygen atoms in total. The molecular formula is C12H18N2O3. The predicted octanol–water partition coefficient (Wildman–Crippen LogP) is 1.47. The number of ether oxygens (including phenoxy) is 2. The Hall–Kier alpha value is -1.91. The third kappa shape index (κ3) is 3.27. The molecule has 0 heterocycles. The normalized spacial score (nSPS) is 9.65. The maximum absolute atomic E-state index is 11.4. The number of benzene rings is 1. The summed E-state index contributed by atoms with van der Waals surface area (Å²) in [6.07, 6.45) is 0. The van der Waals surface area contributed by atoms with Gasteiger partial charge in [-0.05, 0) is 12.1 Å². The Bertz CT molecular complexity index is 393. The van der Waals surface area contributed by atoms with Gasteiger partial charge in [-0.1, -0.05) is 0 Å². The molecule has 5 heteroatoms. The average Bonchev–Trinajstić information content (AvgIpc) is 2.37. The van der Waals surface area contributed by atoms with E-state index in [-0.39, 0.29) is 6.03 Å². The van der Waals surface area contributed by atoms with Crippen LogP contribution >= 0.6 is 0 Å². The van der Waals surface area contributed by atoms with E-state index in [0.717, 1.165) is 11.3 Å². The maximum atomic E-state index is 11.4. The Balaban J connectivity index is 2.87. The SMILES string of the molecule is CNC(=O)N(C)Cc1ccc(OC)cc1OC. The summed E-state index contributed by atoms with van der Waals surface area (Å²) in [7, 11) is 6.52. The van der Waals surface area contributed by atoms with Crippen molar-refractivity contribution in [1.82, 2.24) is 10.2 Å². The van der Waals surface area contributed by atoms with Gasteiger partial charge in [-0.25, -0.2) is 4.79 Å². The van der Waals surface area contributed by atoms with Gasteiger partial charge in [0.25, 0.3) is 0 Å². The van der Waals surface area contributed by atoms with Crippen molar-refractivity contribution in [3.63, 3.8) is 0 Å². The first-order chi connectivity index (χ1) is 8.12. The Labute approximate surface area is 101 Å². The first-order valence-electron chi connectivity index (χ1n) is 5.26. The van der Waals surface area contributed by atoms with Gasteiger partial charge < -0.3 is 19.7 Å². The second kappa shape index (κ2) is 5.98. The summed E-state index contributed by atoms with van der Waals surface area (Å²) in [6, 6.07) is 5.39. The van der Waals surface area contributed by atoms with Crippen LogP contribution in [0.3, 0.4) is 0 Å². The lowest BCUT2D eigenvalue weighted by Crippen LogP contribution is -2.34. The Kier molecular flexibility index (Phi) is 4.63. The van der Waals surface area contributed by atoms with Crippen molar-refractivity contribution < 1.29 is 14.3 Å². The molecule has 0 fully saturated rings. The molecule has 1 N–H and O–H groups in total. The second-order valence-electron chi connectivity index (χ2n) is 3.59. The second-order valence-corrected chi connectivity index (χ2v) is 3.59. The fourth-order valence-electron chi connectivity index (χ4n) is 1.50. The molecule has 1 aromatic carbocycles. The van der Waals surface area contributed by atoms with Gasteiger partial charge in [-0.2, -0.15) is 0 Å². The van der Waals surface area contributed by atoms with E-state index in [1.165, 1.54) is 0 Å². The molecule has 2 amide bonds. The lowest BCUT2D eigenvalue weighted by Gasteiger charge is -2.18. The zero-order valence-corrected chi connectivity index (χ0v) is 10.6. The monoisotopic (exact) mass is 238 g/mol.